The zero-order valence-electron chi connectivity index (χ0n) is 12.6. The van der Waals surface area contributed by atoms with Gasteiger partial charge in [0.25, 0.3) is 0 Å². The Hall–Kier alpha value is -1.63. The number of carbonyl (C=O) groups excluding carboxylic acids is 3. The van der Waals surface area contributed by atoms with Crippen LogP contribution in [-0.2, 0) is 23.9 Å². The van der Waals surface area contributed by atoms with E-state index in [0.29, 0.717) is 19.5 Å². The maximum atomic E-state index is 11.6. The van der Waals surface area contributed by atoms with Gasteiger partial charge in [-0.15, -0.1) is 0 Å². The highest BCUT2D eigenvalue weighted by atomic mass is 16.5. The van der Waals surface area contributed by atoms with E-state index in [1.807, 2.05) is 0 Å². The van der Waals surface area contributed by atoms with E-state index in [0.717, 1.165) is 0 Å². The summed E-state index contributed by atoms with van der Waals surface area (Å²) in [4.78, 5) is 35.5. The molecule has 0 spiro atoms. The van der Waals surface area contributed by atoms with Crippen LogP contribution >= 0.6 is 0 Å². The van der Waals surface area contributed by atoms with Crippen LogP contribution in [0.1, 0.15) is 19.8 Å². The van der Waals surface area contributed by atoms with Gasteiger partial charge >= 0.3 is 11.9 Å². The third-order valence-corrected chi connectivity index (χ3v) is 2.71. The van der Waals surface area contributed by atoms with Crippen molar-refractivity contribution in [2.75, 3.05) is 40.9 Å². The minimum absolute atomic E-state index is 0.144. The molecule has 0 aliphatic rings. The highest BCUT2D eigenvalue weighted by Gasteiger charge is 2.16. The number of esters is 2. The fraction of sp³-hybridized carbons (Fsp3) is 0.769. The summed E-state index contributed by atoms with van der Waals surface area (Å²) in [6, 6.07) is 0. The van der Waals surface area contributed by atoms with Crippen LogP contribution in [0, 0.1) is 5.92 Å². The molecule has 7 nitrogen and oxygen atoms in total. The maximum absolute atomic E-state index is 11.6. The van der Waals surface area contributed by atoms with Crippen molar-refractivity contribution in [3.8, 4) is 0 Å². The molecule has 1 atom stereocenters. The van der Waals surface area contributed by atoms with Crippen LogP contribution in [-0.4, -0.2) is 63.6 Å². The standard InChI is InChI=1S/C13H24N2O5/c1-10(13(18)20-4)8-15(2)9-11(16)14-7-5-6-12(17)19-3/h10H,5-9H2,1-4H3,(H,14,16). The van der Waals surface area contributed by atoms with Crippen LogP contribution in [0.15, 0.2) is 0 Å². The quantitative estimate of drug-likeness (QED) is 0.467. The first kappa shape index (κ1) is 18.4. The van der Waals surface area contributed by atoms with Gasteiger partial charge in [0.1, 0.15) is 0 Å². The van der Waals surface area contributed by atoms with Gasteiger partial charge < -0.3 is 14.8 Å². The van der Waals surface area contributed by atoms with Gasteiger partial charge in [-0.05, 0) is 13.5 Å². The van der Waals surface area contributed by atoms with E-state index in [9.17, 15) is 14.4 Å². The van der Waals surface area contributed by atoms with Crippen molar-refractivity contribution >= 4 is 17.8 Å². The van der Waals surface area contributed by atoms with Crippen molar-refractivity contribution in [1.29, 1.82) is 0 Å². The molecule has 0 bridgehead atoms. The molecule has 116 valence electrons. The average Bonchev–Trinajstić information content (AvgIpc) is 2.41. The van der Waals surface area contributed by atoms with Gasteiger partial charge in [0.2, 0.25) is 5.91 Å². The van der Waals surface area contributed by atoms with E-state index in [-0.39, 0.29) is 36.7 Å². The SMILES string of the molecule is COC(=O)CCCNC(=O)CN(C)CC(C)C(=O)OC. The van der Waals surface area contributed by atoms with Gasteiger partial charge in [0.15, 0.2) is 0 Å². The van der Waals surface area contributed by atoms with Crippen molar-refractivity contribution in [2.45, 2.75) is 19.8 Å². The highest BCUT2D eigenvalue weighted by molar-refractivity contribution is 5.78. The molecular formula is C13H24N2O5. The van der Waals surface area contributed by atoms with Crippen molar-refractivity contribution in [3.05, 3.63) is 0 Å². The number of ether oxygens (including phenoxy) is 2. The lowest BCUT2D eigenvalue weighted by Gasteiger charge is -2.19. The van der Waals surface area contributed by atoms with Gasteiger partial charge in [-0.2, -0.15) is 0 Å². The second-order valence-corrected chi connectivity index (χ2v) is 4.65. The normalized spacial score (nSPS) is 11.8. The van der Waals surface area contributed by atoms with Gasteiger partial charge in [0, 0.05) is 19.5 Å². The molecule has 0 rings (SSSR count). The van der Waals surface area contributed by atoms with Crippen molar-refractivity contribution in [1.82, 2.24) is 10.2 Å². The summed E-state index contributed by atoms with van der Waals surface area (Å²) >= 11 is 0. The first-order valence-corrected chi connectivity index (χ1v) is 6.50. The number of amides is 1. The Morgan fingerprint density at radius 1 is 1.20 bits per heavy atom. The predicted octanol–water partition coefficient (Wildman–Crippen LogP) is -0.203. The highest BCUT2D eigenvalue weighted by Crippen LogP contribution is 2.00. The number of rotatable bonds is 9. The molecule has 20 heavy (non-hydrogen) atoms. The molecule has 0 aliphatic heterocycles. The number of likely N-dealkylation sites (N-methyl/N-ethyl adjacent to an activating group) is 1. The fourth-order valence-corrected chi connectivity index (χ4v) is 1.67. The van der Waals surface area contributed by atoms with E-state index < -0.39 is 0 Å². The Kier molecular flexibility index (Phi) is 9.36. The van der Waals surface area contributed by atoms with Gasteiger partial charge in [-0.3, -0.25) is 19.3 Å². The first-order valence-electron chi connectivity index (χ1n) is 6.50. The molecule has 0 aliphatic carbocycles. The molecule has 1 amide bonds. The molecule has 0 radical (unpaired) electrons. The van der Waals surface area contributed by atoms with Crippen LogP contribution in [0.3, 0.4) is 0 Å². The number of nitrogens with zero attached hydrogens (tertiary/aromatic N) is 1. The van der Waals surface area contributed by atoms with Crippen LogP contribution in [0.5, 0.6) is 0 Å². The summed E-state index contributed by atoms with van der Waals surface area (Å²) in [5.74, 6) is -1.01. The molecule has 7 heteroatoms. The number of nitrogens with one attached hydrogen (secondary N) is 1. The molecule has 0 saturated heterocycles. The van der Waals surface area contributed by atoms with E-state index in [1.165, 1.54) is 14.2 Å². The van der Waals surface area contributed by atoms with Crippen molar-refractivity contribution < 1.29 is 23.9 Å². The summed E-state index contributed by atoms with van der Waals surface area (Å²) in [5.41, 5.74) is 0. The Labute approximate surface area is 119 Å². The fourth-order valence-electron chi connectivity index (χ4n) is 1.67. The Morgan fingerprint density at radius 2 is 1.85 bits per heavy atom. The lowest BCUT2D eigenvalue weighted by Crippen LogP contribution is -2.38. The summed E-state index contributed by atoms with van der Waals surface area (Å²) in [5, 5.41) is 2.70. The lowest BCUT2D eigenvalue weighted by molar-refractivity contribution is -0.145. The molecule has 0 saturated carbocycles. The number of methoxy groups -OCH3 is 2. The third kappa shape index (κ3) is 8.47. The van der Waals surface area contributed by atoms with Crippen LogP contribution in [0.25, 0.3) is 0 Å². The van der Waals surface area contributed by atoms with Crippen LogP contribution in [0.4, 0.5) is 0 Å². The Morgan fingerprint density at radius 3 is 2.40 bits per heavy atom. The predicted molar refractivity (Wildman–Crippen MR) is 72.9 cm³/mol. The van der Waals surface area contributed by atoms with E-state index in [2.05, 4.69) is 14.8 Å². The average molecular weight is 288 g/mol. The summed E-state index contributed by atoms with van der Waals surface area (Å²) < 4.78 is 9.12. The second-order valence-electron chi connectivity index (χ2n) is 4.65. The zero-order valence-corrected chi connectivity index (χ0v) is 12.6. The molecular weight excluding hydrogens is 264 g/mol. The van der Waals surface area contributed by atoms with Crippen molar-refractivity contribution in [2.24, 2.45) is 5.92 Å². The third-order valence-electron chi connectivity index (χ3n) is 2.71. The number of hydrogen-bond donors (Lipinski definition) is 1. The summed E-state index contributed by atoms with van der Waals surface area (Å²) in [6.07, 6.45) is 0.826. The molecule has 1 N–H and O–H groups in total. The molecule has 0 aromatic carbocycles. The van der Waals surface area contributed by atoms with Crippen LogP contribution in [0.2, 0.25) is 0 Å². The number of hydrogen-bond acceptors (Lipinski definition) is 6. The zero-order chi connectivity index (χ0) is 15.5. The van der Waals surface area contributed by atoms with E-state index in [4.69, 9.17) is 0 Å². The molecule has 0 aromatic rings. The second kappa shape index (κ2) is 10.2. The minimum Gasteiger partial charge on any atom is -0.469 e. The molecule has 0 heterocycles. The van der Waals surface area contributed by atoms with Crippen LogP contribution < -0.4 is 5.32 Å². The maximum Gasteiger partial charge on any atom is 0.309 e. The minimum atomic E-state index is -0.296. The molecule has 1 unspecified atom stereocenters. The van der Waals surface area contributed by atoms with Gasteiger partial charge in [-0.25, -0.2) is 0 Å². The van der Waals surface area contributed by atoms with E-state index in [1.54, 1.807) is 18.9 Å². The summed E-state index contributed by atoms with van der Waals surface area (Å²) in [7, 11) is 4.43. The monoisotopic (exact) mass is 288 g/mol. The lowest BCUT2D eigenvalue weighted by atomic mass is 10.2. The largest absolute Gasteiger partial charge is 0.469 e. The Balaban J connectivity index is 3.80. The van der Waals surface area contributed by atoms with Gasteiger partial charge in [0.05, 0.1) is 26.7 Å². The van der Waals surface area contributed by atoms with E-state index >= 15 is 0 Å². The topological polar surface area (TPSA) is 84.9 Å². The Bertz CT molecular complexity index is 333. The molecule has 0 aromatic heterocycles. The van der Waals surface area contributed by atoms with Gasteiger partial charge in [-0.1, -0.05) is 6.92 Å². The summed E-state index contributed by atoms with van der Waals surface area (Å²) in [6.45, 7) is 2.81. The first-order chi connectivity index (χ1) is 9.40. The smallest absolute Gasteiger partial charge is 0.309 e. The molecule has 0 fully saturated rings. The number of carbonyl (C=O) groups is 3. The van der Waals surface area contributed by atoms with Crippen molar-refractivity contribution in [3.63, 3.8) is 0 Å².